The summed E-state index contributed by atoms with van der Waals surface area (Å²) in [5.41, 5.74) is 2.44. The molecule has 0 radical (unpaired) electrons. The van der Waals surface area contributed by atoms with E-state index in [4.69, 9.17) is 9.72 Å². The number of aromatic nitrogens is 7. The molecular formula is C42H47FN12O5. The number of fused-ring (bicyclic) bond motifs is 4. The molecule has 3 amide bonds. The standard InChI is InChI=1S/C42H47FN12O5/c1-49-37-27(4-2-6-33(37)55(42(49)59)34-11-12-36(56)47-41(34)58)5-3-14-50-16-18-51(19-17-50)22-26-7-9-28(10-8-26)54-24-32(38(43)48-54)45-40(57)31-21-44-53-15-13-35(46-39(31)53)52-23-30-20-29(52)25-60-30/h2,4,6,13,15,21,24,26,28-30,34H,7-12,14,16-20,22-23,25H2,1H3,(H,45,57)(H,47,56,58)/t26-,28-,29-,30-,34?/m1/s1. The van der Waals surface area contributed by atoms with E-state index in [0.29, 0.717) is 35.8 Å². The molecule has 1 aliphatic carbocycles. The van der Waals surface area contributed by atoms with E-state index in [0.717, 1.165) is 82.8 Å². The molecule has 4 aromatic heterocycles. The summed E-state index contributed by atoms with van der Waals surface area (Å²) < 4.78 is 27.1. The molecule has 18 heteroatoms. The van der Waals surface area contributed by atoms with Crippen LogP contribution in [0.3, 0.4) is 0 Å². The third-order valence-electron chi connectivity index (χ3n) is 13.1. The van der Waals surface area contributed by atoms with Crippen molar-refractivity contribution >= 4 is 45.9 Å². The first-order valence-corrected chi connectivity index (χ1v) is 20.9. The lowest BCUT2D eigenvalue weighted by Gasteiger charge is -2.37. The first-order valence-electron chi connectivity index (χ1n) is 20.9. The van der Waals surface area contributed by atoms with Gasteiger partial charge in [-0.15, -0.1) is 5.10 Å². The van der Waals surface area contributed by atoms with Crippen molar-refractivity contribution in [1.29, 1.82) is 0 Å². The zero-order chi connectivity index (χ0) is 41.1. The van der Waals surface area contributed by atoms with Crippen LogP contribution in [-0.2, 0) is 21.4 Å². The molecule has 5 fully saturated rings. The van der Waals surface area contributed by atoms with Gasteiger partial charge in [0.2, 0.25) is 11.8 Å². The van der Waals surface area contributed by atoms with Gasteiger partial charge in [0, 0.05) is 58.9 Å². The van der Waals surface area contributed by atoms with E-state index in [1.165, 1.54) is 15.3 Å². The molecule has 4 saturated heterocycles. The summed E-state index contributed by atoms with van der Waals surface area (Å²) in [5, 5.41) is 13.5. The van der Waals surface area contributed by atoms with E-state index < -0.39 is 23.8 Å². The first-order chi connectivity index (χ1) is 29.2. The number of imide groups is 1. The van der Waals surface area contributed by atoms with Gasteiger partial charge in [0.15, 0.2) is 5.65 Å². The van der Waals surface area contributed by atoms with Gasteiger partial charge >= 0.3 is 5.69 Å². The summed E-state index contributed by atoms with van der Waals surface area (Å²) in [6.45, 7) is 6.77. The van der Waals surface area contributed by atoms with Gasteiger partial charge in [0.25, 0.3) is 11.9 Å². The van der Waals surface area contributed by atoms with Crippen molar-refractivity contribution in [2.45, 2.75) is 69.2 Å². The van der Waals surface area contributed by atoms with Crippen molar-refractivity contribution < 1.29 is 23.5 Å². The van der Waals surface area contributed by atoms with Crippen LogP contribution in [0.25, 0.3) is 16.7 Å². The van der Waals surface area contributed by atoms with Crippen LogP contribution in [0.15, 0.2) is 47.7 Å². The number of halogens is 1. The fourth-order valence-corrected chi connectivity index (χ4v) is 9.79. The third kappa shape index (κ3) is 7.13. The molecule has 0 spiro atoms. The number of hydrogen-bond acceptors (Lipinski definition) is 11. The predicted molar refractivity (Wildman–Crippen MR) is 218 cm³/mol. The van der Waals surface area contributed by atoms with Gasteiger partial charge in [-0.25, -0.2) is 14.3 Å². The number of nitrogens with zero attached hydrogens (tertiary/aromatic N) is 10. The molecule has 1 aromatic carbocycles. The highest BCUT2D eigenvalue weighted by Gasteiger charge is 2.40. The van der Waals surface area contributed by atoms with Crippen molar-refractivity contribution in [2.75, 3.05) is 62.6 Å². The van der Waals surface area contributed by atoms with Gasteiger partial charge in [-0.1, -0.05) is 17.9 Å². The van der Waals surface area contributed by atoms with Gasteiger partial charge in [0.1, 0.15) is 23.1 Å². The number of imidazole rings is 1. The Kier molecular flexibility index (Phi) is 9.97. The van der Waals surface area contributed by atoms with Crippen LogP contribution in [-0.4, -0.2) is 126 Å². The number of carbonyl (C=O) groups is 3. The Labute approximate surface area is 344 Å². The minimum Gasteiger partial charge on any atom is -0.374 e. The van der Waals surface area contributed by atoms with Gasteiger partial charge < -0.3 is 19.9 Å². The maximum Gasteiger partial charge on any atom is 0.329 e. The molecular weight excluding hydrogens is 772 g/mol. The molecule has 5 aromatic rings. The largest absolute Gasteiger partial charge is 0.374 e. The lowest BCUT2D eigenvalue weighted by atomic mass is 9.85. The number of para-hydroxylation sites is 1. The van der Waals surface area contributed by atoms with Crippen LogP contribution in [0.1, 0.15) is 73.0 Å². The van der Waals surface area contributed by atoms with Crippen LogP contribution >= 0.6 is 0 Å². The number of ether oxygens (including phenoxy) is 1. The van der Waals surface area contributed by atoms with Crippen LogP contribution < -0.4 is 21.2 Å². The van der Waals surface area contributed by atoms with Crippen LogP contribution in [0.2, 0.25) is 0 Å². The highest BCUT2D eigenvalue weighted by atomic mass is 19.1. The second kappa shape index (κ2) is 15.6. The minimum absolute atomic E-state index is 0.0423. The van der Waals surface area contributed by atoms with Crippen molar-refractivity contribution in [3.63, 3.8) is 0 Å². The second-order valence-electron chi connectivity index (χ2n) is 16.8. The number of piperidine rings is 1. The third-order valence-corrected chi connectivity index (χ3v) is 13.1. The van der Waals surface area contributed by atoms with E-state index in [-0.39, 0.29) is 53.9 Å². The molecule has 2 bridgehead atoms. The Morgan fingerprint density at radius 3 is 2.62 bits per heavy atom. The highest BCUT2D eigenvalue weighted by Crippen LogP contribution is 2.35. The fourth-order valence-electron chi connectivity index (χ4n) is 9.79. The monoisotopic (exact) mass is 818 g/mol. The van der Waals surface area contributed by atoms with Gasteiger partial charge in [0.05, 0.1) is 60.3 Å². The van der Waals surface area contributed by atoms with Gasteiger partial charge in [-0.05, 0) is 62.6 Å². The summed E-state index contributed by atoms with van der Waals surface area (Å²) in [6, 6.07) is 7.05. The van der Waals surface area contributed by atoms with Gasteiger partial charge in [-0.2, -0.15) is 9.49 Å². The maximum absolute atomic E-state index is 15.1. The van der Waals surface area contributed by atoms with Crippen molar-refractivity contribution in [2.24, 2.45) is 13.0 Å². The average molecular weight is 819 g/mol. The normalized spacial score (nSPS) is 24.9. The summed E-state index contributed by atoms with van der Waals surface area (Å²) in [7, 11) is 1.69. The van der Waals surface area contributed by atoms with E-state index >= 15 is 4.39 Å². The Morgan fingerprint density at radius 2 is 1.85 bits per heavy atom. The predicted octanol–water partition coefficient (Wildman–Crippen LogP) is 2.33. The zero-order valence-corrected chi connectivity index (χ0v) is 33.4. The van der Waals surface area contributed by atoms with Crippen LogP contribution in [0.4, 0.5) is 15.9 Å². The number of anilines is 2. The Bertz CT molecular complexity index is 2620. The van der Waals surface area contributed by atoms with E-state index in [1.807, 2.05) is 24.3 Å². The molecule has 1 unspecified atom stereocenters. The van der Waals surface area contributed by atoms with Crippen molar-refractivity contribution in [1.82, 2.24) is 48.6 Å². The van der Waals surface area contributed by atoms with E-state index in [2.05, 4.69) is 47.4 Å². The van der Waals surface area contributed by atoms with Crippen LogP contribution in [0, 0.1) is 23.7 Å². The summed E-state index contributed by atoms with van der Waals surface area (Å²) in [6.07, 6.45) is 10.3. The SMILES string of the molecule is Cn1c(=O)n(C2CCC(=O)NC2=O)c2cccc(C#CCN3CCN(C[C@H]4CC[C@H](n5cc(NC(=O)c6cnn7ccc(N8C[C@H]9C[C@@H]8CO9)nc67)c(F)n5)CC4)CC3)c21. The van der Waals surface area contributed by atoms with Gasteiger partial charge in [-0.3, -0.25) is 38.4 Å². The molecule has 2 N–H and O–H groups in total. The van der Waals surface area contributed by atoms with Crippen molar-refractivity contribution in [3.8, 4) is 11.8 Å². The van der Waals surface area contributed by atoms with E-state index in [9.17, 15) is 19.2 Å². The zero-order valence-electron chi connectivity index (χ0n) is 33.4. The number of morpholine rings is 1. The maximum atomic E-state index is 15.1. The molecule has 17 nitrogen and oxygen atoms in total. The number of carbonyl (C=O) groups excluding carboxylic acids is 3. The molecule has 5 aliphatic rings. The smallest absolute Gasteiger partial charge is 0.329 e. The molecule has 8 heterocycles. The topological polar surface area (TPSA) is 169 Å². The summed E-state index contributed by atoms with van der Waals surface area (Å²) in [5.74, 6) is 5.94. The summed E-state index contributed by atoms with van der Waals surface area (Å²) in [4.78, 5) is 62.8. The quantitative estimate of drug-likeness (QED) is 0.174. The molecule has 10 rings (SSSR count). The number of aryl methyl sites for hydroxylation is 1. The Hall–Kier alpha value is -5.90. The van der Waals surface area contributed by atoms with Crippen LogP contribution in [0.5, 0.6) is 0 Å². The molecule has 3 atom stereocenters. The number of hydrogen-bond donors (Lipinski definition) is 2. The molecule has 4 aliphatic heterocycles. The second-order valence-corrected chi connectivity index (χ2v) is 16.8. The number of benzene rings is 1. The first kappa shape index (κ1) is 38.3. The number of amides is 3. The minimum atomic E-state index is -0.737. The number of rotatable bonds is 8. The number of nitrogens with one attached hydrogen (secondary N) is 2. The molecule has 60 heavy (non-hydrogen) atoms. The van der Waals surface area contributed by atoms with Crippen molar-refractivity contribution in [3.05, 3.63) is 70.4 Å². The lowest BCUT2D eigenvalue weighted by molar-refractivity contribution is -0.135. The van der Waals surface area contributed by atoms with E-state index in [1.54, 1.807) is 28.6 Å². The molecule has 312 valence electrons. The fraction of sp³-hybridized carbons (Fsp3) is 0.500. The average Bonchev–Trinajstić information content (AvgIpc) is 4.10. The Balaban J connectivity index is 0.701. The number of piperazine rings is 1. The summed E-state index contributed by atoms with van der Waals surface area (Å²) >= 11 is 0. The lowest BCUT2D eigenvalue weighted by Crippen LogP contribution is -2.48. The molecule has 1 saturated carbocycles. The Morgan fingerprint density at radius 1 is 1.03 bits per heavy atom. The highest BCUT2D eigenvalue weighted by molar-refractivity contribution is 6.08.